The Morgan fingerprint density at radius 3 is 2.58 bits per heavy atom. The number of hydrogen-bond acceptors (Lipinski definition) is 8. The molecule has 1 saturated heterocycles. The molecule has 194 valence electrons. The quantitative estimate of drug-likeness (QED) is 0.597. The standard InChI is InChI=1S/C25H30FN3O6S/c1-14-7-17(5-6-20(14)26)10-27-25(30)19-8-21(28-16(3)15(19)2)22-9-23(35-29-22)24-12-33-18(11-34-24)13-36(4,31)32/h5-8,18,23-24H,9-13H2,1-4H3,(H,27,30). The number of benzene rings is 1. The minimum Gasteiger partial charge on any atom is -0.389 e. The Kier molecular flexibility index (Phi) is 7.72. The summed E-state index contributed by atoms with van der Waals surface area (Å²) in [5, 5.41) is 7.07. The van der Waals surface area contributed by atoms with Crippen LogP contribution in [0.1, 0.15) is 44.9 Å². The number of nitrogens with zero attached hydrogens (tertiary/aromatic N) is 2. The van der Waals surface area contributed by atoms with Crippen LogP contribution >= 0.6 is 0 Å². The number of oxime groups is 1. The van der Waals surface area contributed by atoms with Gasteiger partial charge in [-0.3, -0.25) is 9.78 Å². The maximum Gasteiger partial charge on any atom is 0.251 e. The van der Waals surface area contributed by atoms with Gasteiger partial charge in [0.1, 0.15) is 27.5 Å². The van der Waals surface area contributed by atoms with Gasteiger partial charge >= 0.3 is 0 Å². The van der Waals surface area contributed by atoms with E-state index in [0.29, 0.717) is 34.6 Å². The first-order valence-electron chi connectivity index (χ1n) is 11.7. The van der Waals surface area contributed by atoms with Crippen molar-refractivity contribution < 1.29 is 31.9 Å². The van der Waals surface area contributed by atoms with Crippen LogP contribution in [0, 0.1) is 26.6 Å². The molecule has 1 fully saturated rings. The topological polar surface area (TPSA) is 116 Å². The van der Waals surface area contributed by atoms with Crippen LogP contribution in [0.15, 0.2) is 29.4 Å². The summed E-state index contributed by atoms with van der Waals surface area (Å²) in [5.41, 5.74) is 4.38. The van der Waals surface area contributed by atoms with Crippen molar-refractivity contribution in [2.45, 2.75) is 52.0 Å². The van der Waals surface area contributed by atoms with Gasteiger partial charge in [-0.1, -0.05) is 17.3 Å². The minimum absolute atomic E-state index is 0.0921. The van der Waals surface area contributed by atoms with E-state index in [1.165, 1.54) is 6.07 Å². The van der Waals surface area contributed by atoms with Gasteiger partial charge in [0.2, 0.25) is 0 Å². The third-order valence-corrected chi connectivity index (χ3v) is 7.30. The normalized spacial score (nSPS) is 22.1. The molecule has 4 rings (SSSR count). The molecule has 3 unspecified atom stereocenters. The zero-order valence-corrected chi connectivity index (χ0v) is 21.5. The Labute approximate surface area is 209 Å². The predicted octanol–water partition coefficient (Wildman–Crippen LogP) is 2.40. The summed E-state index contributed by atoms with van der Waals surface area (Å²) in [5.74, 6) is -0.643. The summed E-state index contributed by atoms with van der Waals surface area (Å²) in [6, 6.07) is 6.43. The molecule has 1 aromatic heterocycles. The Morgan fingerprint density at radius 2 is 1.92 bits per heavy atom. The average Bonchev–Trinajstić information content (AvgIpc) is 3.31. The van der Waals surface area contributed by atoms with Gasteiger partial charge in [0.25, 0.3) is 5.91 Å². The molecule has 1 N–H and O–H groups in total. The number of ether oxygens (including phenoxy) is 2. The molecule has 0 bridgehead atoms. The van der Waals surface area contributed by atoms with Crippen LogP contribution in [0.4, 0.5) is 4.39 Å². The molecule has 9 nitrogen and oxygen atoms in total. The largest absolute Gasteiger partial charge is 0.389 e. The molecule has 0 radical (unpaired) electrons. The van der Waals surface area contributed by atoms with E-state index in [1.54, 1.807) is 25.1 Å². The van der Waals surface area contributed by atoms with Crippen LogP contribution in [0.2, 0.25) is 0 Å². The van der Waals surface area contributed by atoms with Gasteiger partial charge in [-0.15, -0.1) is 0 Å². The van der Waals surface area contributed by atoms with E-state index >= 15 is 0 Å². The summed E-state index contributed by atoms with van der Waals surface area (Å²) in [4.78, 5) is 23.2. The number of carbonyl (C=O) groups excluding carboxylic acids is 1. The zero-order chi connectivity index (χ0) is 26.0. The highest BCUT2D eigenvalue weighted by Crippen LogP contribution is 2.25. The first kappa shape index (κ1) is 26.2. The highest BCUT2D eigenvalue weighted by atomic mass is 32.2. The molecule has 36 heavy (non-hydrogen) atoms. The van der Waals surface area contributed by atoms with Gasteiger partial charge in [0.05, 0.1) is 30.8 Å². The highest BCUT2D eigenvalue weighted by Gasteiger charge is 2.36. The maximum atomic E-state index is 13.5. The molecular weight excluding hydrogens is 489 g/mol. The number of pyridine rings is 1. The third kappa shape index (κ3) is 6.26. The van der Waals surface area contributed by atoms with Crippen LogP contribution in [0.25, 0.3) is 0 Å². The SMILES string of the molecule is Cc1cc(CNC(=O)c2cc(C3=NOC(C4COC(CS(C)(=O)=O)CO4)C3)nc(C)c2C)ccc1F. The fourth-order valence-electron chi connectivity index (χ4n) is 4.17. The lowest BCUT2D eigenvalue weighted by Gasteiger charge is -2.31. The van der Waals surface area contributed by atoms with E-state index in [9.17, 15) is 17.6 Å². The molecule has 3 atom stereocenters. The second-order valence-electron chi connectivity index (χ2n) is 9.34. The van der Waals surface area contributed by atoms with Gasteiger partial charge in [-0.25, -0.2) is 12.8 Å². The molecule has 2 aliphatic rings. The summed E-state index contributed by atoms with van der Waals surface area (Å²) >= 11 is 0. The van der Waals surface area contributed by atoms with Gasteiger partial charge in [0.15, 0.2) is 6.10 Å². The van der Waals surface area contributed by atoms with E-state index in [4.69, 9.17) is 14.3 Å². The van der Waals surface area contributed by atoms with E-state index in [0.717, 1.165) is 17.4 Å². The van der Waals surface area contributed by atoms with Crippen molar-refractivity contribution >= 4 is 21.5 Å². The van der Waals surface area contributed by atoms with Crippen LogP contribution in [-0.4, -0.2) is 68.6 Å². The van der Waals surface area contributed by atoms with E-state index in [1.807, 2.05) is 13.8 Å². The van der Waals surface area contributed by atoms with Crippen LogP contribution in [-0.2, 0) is 30.7 Å². The highest BCUT2D eigenvalue weighted by molar-refractivity contribution is 7.90. The lowest BCUT2D eigenvalue weighted by Crippen LogP contribution is -2.44. The molecular formula is C25H30FN3O6S. The number of rotatable bonds is 7. The molecule has 1 amide bonds. The van der Waals surface area contributed by atoms with Crippen molar-refractivity contribution in [2.75, 3.05) is 25.2 Å². The van der Waals surface area contributed by atoms with Gasteiger partial charge in [-0.05, 0) is 49.6 Å². The number of amides is 1. The maximum absolute atomic E-state index is 13.5. The second kappa shape index (κ2) is 10.6. The lowest BCUT2D eigenvalue weighted by atomic mass is 10.0. The van der Waals surface area contributed by atoms with Crippen molar-refractivity contribution in [3.05, 3.63) is 63.7 Å². The number of aryl methyl sites for hydroxylation is 2. The van der Waals surface area contributed by atoms with Gasteiger partial charge in [-0.2, -0.15) is 0 Å². The van der Waals surface area contributed by atoms with Crippen LogP contribution in [0.3, 0.4) is 0 Å². The monoisotopic (exact) mass is 519 g/mol. The van der Waals surface area contributed by atoms with Crippen molar-refractivity contribution in [2.24, 2.45) is 5.16 Å². The first-order valence-corrected chi connectivity index (χ1v) is 13.7. The fraction of sp³-hybridized carbons (Fsp3) is 0.480. The molecule has 2 aromatic rings. The summed E-state index contributed by atoms with van der Waals surface area (Å²) in [6.07, 6.45) is 0.282. The fourth-order valence-corrected chi connectivity index (χ4v) is 5.04. The lowest BCUT2D eigenvalue weighted by molar-refractivity contribution is -0.165. The van der Waals surface area contributed by atoms with Gasteiger partial charge < -0.3 is 19.6 Å². The van der Waals surface area contributed by atoms with E-state index in [2.05, 4.69) is 15.5 Å². The molecule has 1 aromatic carbocycles. The van der Waals surface area contributed by atoms with Crippen LogP contribution < -0.4 is 5.32 Å². The number of sulfone groups is 1. The molecule has 0 aliphatic carbocycles. The smallest absolute Gasteiger partial charge is 0.251 e. The van der Waals surface area contributed by atoms with Crippen molar-refractivity contribution in [1.29, 1.82) is 0 Å². The number of carbonyl (C=O) groups is 1. The Bertz CT molecular complexity index is 1290. The van der Waals surface area contributed by atoms with Crippen molar-refractivity contribution in [1.82, 2.24) is 10.3 Å². The zero-order valence-electron chi connectivity index (χ0n) is 20.7. The Morgan fingerprint density at radius 1 is 1.14 bits per heavy atom. The number of nitrogens with one attached hydrogen (secondary N) is 1. The summed E-state index contributed by atoms with van der Waals surface area (Å²) in [7, 11) is -3.16. The van der Waals surface area contributed by atoms with Gasteiger partial charge in [0, 0.05) is 30.5 Å². The average molecular weight is 520 g/mol. The predicted molar refractivity (Wildman–Crippen MR) is 131 cm³/mol. The third-order valence-electron chi connectivity index (χ3n) is 6.32. The minimum atomic E-state index is -3.16. The van der Waals surface area contributed by atoms with E-state index < -0.39 is 28.1 Å². The summed E-state index contributed by atoms with van der Waals surface area (Å²) < 4.78 is 47.9. The molecule has 2 aliphatic heterocycles. The Balaban J connectivity index is 1.39. The Hall–Kier alpha value is -2.89. The number of aromatic nitrogens is 1. The second-order valence-corrected chi connectivity index (χ2v) is 11.5. The first-order chi connectivity index (χ1) is 17.0. The van der Waals surface area contributed by atoms with Crippen LogP contribution in [0.5, 0.6) is 0 Å². The molecule has 0 saturated carbocycles. The number of hydrogen-bond donors (Lipinski definition) is 1. The van der Waals surface area contributed by atoms with Crippen molar-refractivity contribution in [3.8, 4) is 0 Å². The van der Waals surface area contributed by atoms with E-state index in [-0.39, 0.29) is 37.2 Å². The molecule has 0 spiro atoms. The molecule has 3 heterocycles. The number of halogens is 1. The van der Waals surface area contributed by atoms with Crippen molar-refractivity contribution in [3.63, 3.8) is 0 Å². The molecule has 11 heteroatoms. The summed E-state index contributed by atoms with van der Waals surface area (Å²) in [6.45, 7) is 5.96.